The van der Waals surface area contributed by atoms with E-state index >= 15 is 0 Å². The maximum absolute atomic E-state index is 12.5. The highest BCUT2D eigenvalue weighted by atomic mass is 16.4. The Morgan fingerprint density at radius 2 is 2.11 bits per heavy atom. The van der Waals surface area contributed by atoms with Crippen LogP contribution in [0, 0.1) is 5.92 Å². The number of nitrogens with zero attached hydrogens (tertiary/aromatic N) is 4. The van der Waals surface area contributed by atoms with E-state index in [0.29, 0.717) is 11.6 Å². The van der Waals surface area contributed by atoms with E-state index in [1.807, 2.05) is 16.8 Å². The van der Waals surface area contributed by atoms with Gasteiger partial charge in [0.25, 0.3) is 5.91 Å². The lowest BCUT2D eigenvalue weighted by atomic mass is 9.85. The van der Waals surface area contributed by atoms with Crippen LogP contribution in [0.25, 0.3) is 5.69 Å². The number of amides is 1. The smallest absolute Gasteiger partial charge is 0.317 e. The molecule has 142 valence electrons. The minimum Gasteiger partial charge on any atom is -0.480 e. The molecule has 0 aliphatic heterocycles. The fourth-order valence-electron chi connectivity index (χ4n) is 3.53. The number of carbonyl (C=O) groups excluding carboxylic acids is 1. The fraction of sp³-hybridized carbons (Fsp3) is 0.474. The summed E-state index contributed by atoms with van der Waals surface area (Å²) in [5.41, 5.74) is 1.20. The summed E-state index contributed by atoms with van der Waals surface area (Å²) in [6.45, 7) is 0.933. The van der Waals surface area contributed by atoms with Gasteiger partial charge in [0.15, 0.2) is 0 Å². The second-order valence-electron chi connectivity index (χ2n) is 7.43. The number of nitrogens with one attached hydrogen (secondary N) is 1. The summed E-state index contributed by atoms with van der Waals surface area (Å²) in [5.74, 6) is -0.343. The van der Waals surface area contributed by atoms with Crippen LogP contribution in [0.2, 0.25) is 0 Å². The van der Waals surface area contributed by atoms with Gasteiger partial charge in [-0.05, 0) is 43.7 Å². The molecule has 2 aromatic rings. The van der Waals surface area contributed by atoms with E-state index in [4.69, 9.17) is 5.11 Å². The summed E-state index contributed by atoms with van der Waals surface area (Å²) in [6, 6.07) is 3.85. The largest absolute Gasteiger partial charge is 0.480 e. The average molecular weight is 369 g/mol. The Bertz CT molecular complexity index is 813. The molecule has 2 aromatic heterocycles. The topological polar surface area (TPSA) is 100 Å². The summed E-state index contributed by atoms with van der Waals surface area (Å²) in [6.07, 6.45) is 10.7. The minimum atomic E-state index is -0.788. The molecule has 0 radical (unpaired) electrons. The van der Waals surface area contributed by atoms with Crippen LogP contribution < -0.4 is 5.32 Å². The molecule has 0 bridgehead atoms. The molecule has 27 heavy (non-hydrogen) atoms. The van der Waals surface area contributed by atoms with E-state index in [0.717, 1.165) is 25.1 Å². The Kier molecular flexibility index (Phi) is 4.89. The molecular formula is C19H23N5O3. The zero-order chi connectivity index (χ0) is 18.8. The number of hydrogen-bond donors (Lipinski definition) is 2. The number of rotatable bonds is 8. The first-order valence-electron chi connectivity index (χ1n) is 9.29. The lowest BCUT2D eigenvalue weighted by molar-refractivity contribution is -0.139. The van der Waals surface area contributed by atoms with Gasteiger partial charge in [-0.1, -0.05) is 0 Å². The first-order valence-corrected chi connectivity index (χ1v) is 9.29. The predicted molar refractivity (Wildman–Crippen MR) is 97.6 cm³/mol. The molecule has 2 N–H and O–H groups in total. The second kappa shape index (κ2) is 7.48. The number of hydrogen-bond acceptors (Lipinski definition) is 5. The zero-order valence-corrected chi connectivity index (χ0v) is 15.0. The predicted octanol–water partition coefficient (Wildman–Crippen LogP) is 1.32. The van der Waals surface area contributed by atoms with Gasteiger partial charge in [0.2, 0.25) is 0 Å². The van der Waals surface area contributed by atoms with Gasteiger partial charge >= 0.3 is 5.97 Å². The van der Waals surface area contributed by atoms with Crippen LogP contribution in [0.1, 0.15) is 36.2 Å². The van der Waals surface area contributed by atoms with Crippen molar-refractivity contribution in [2.45, 2.75) is 37.8 Å². The van der Waals surface area contributed by atoms with Gasteiger partial charge in [-0.3, -0.25) is 19.5 Å². The molecule has 2 saturated carbocycles. The normalized spacial score (nSPS) is 21.7. The monoisotopic (exact) mass is 369 g/mol. The third kappa shape index (κ3) is 4.33. The molecule has 8 nitrogen and oxygen atoms in total. The average Bonchev–Trinajstić information content (AvgIpc) is 3.25. The summed E-state index contributed by atoms with van der Waals surface area (Å²) >= 11 is 0. The Balaban J connectivity index is 1.32. The summed E-state index contributed by atoms with van der Waals surface area (Å²) < 4.78 is 1.82. The lowest BCUT2D eigenvalue weighted by Crippen LogP contribution is -2.55. The Morgan fingerprint density at radius 3 is 2.78 bits per heavy atom. The van der Waals surface area contributed by atoms with E-state index < -0.39 is 5.97 Å². The van der Waals surface area contributed by atoms with Crippen molar-refractivity contribution in [3.8, 4) is 5.69 Å². The standard InChI is InChI=1S/C19H23N5O3/c25-18(26)11-24(10-13-1-2-13)16-7-14(8-16)22-19(27)17-9-15(3-4-21-17)23-6-5-20-12-23/h3-6,9,12-14,16H,1-2,7-8,10-11H2,(H,22,27)(H,25,26). The van der Waals surface area contributed by atoms with Crippen LogP contribution in [-0.2, 0) is 4.79 Å². The molecular weight excluding hydrogens is 346 g/mol. The lowest BCUT2D eigenvalue weighted by Gasteiger charge is -2.42. The van der Waals surface area contributed by atoms with Gasteiger partial charge in [-0.2, -0.15) is 0 Å². The van der Waals surface area contributed by atoms with Crippen LogP contribution in [0.5, 0.6) is 0 Å². The maximum Gasteiger partial charge on any atom is 0.317 e. The quantitative estimate of drug-likeness (QED) is 0.728. The van der Waals surface area contributed by atoms with Crippen molar-refractivity contribution in [1.82, 2.24) is 24.8 Å². The number of pyridine rings is 1. The summed E-state index contributed by atoms with van der Waals surface area (Å²) in [5, 5.41) is 12.1. The highest BCUT2D eigenvalue weighted by Crippen LogP contribution is 2.33. The van der Waals surface area contributed by atoms with Gasteiger partial charge in [0.1, 0.15) is 5.69 Å². The van der Waals surface area contributed by atoms with Crippen molar-refractivity contribution < 1.29 is 14.7 Å². The van der Waals surface area contributed by atoms with Crippen molar-refractivity contribution in [2.24, 2.45) is 5.92 Å². The van der Waals surface area contributed by atoms with Crippen molar-refractivity contribution in [1.29, 1.82) is 0 Å². The van der Waals surface area contributed by atoms with E-state index in [9.17, 15) is 9.59 Å². The summed E-state index contributed by atoms with van der Waals surface area (Å²) in [7, 11) is 0. The molecule has 0 saturated heterocycles. The minimum absolute atomic E-state index is 0.0664. The third-order valence-corrected chi connectivity index (χ3v) is 5.27. The van der Waals surface area contributed by atoms with E-state index in [1.165, 1.54) is 12.8 Å². The molecule has 1 amide bonds. The fourth-order valence-corrected chi connectivity index (χ4v) is 3.53. The van der Waals surface area contributed by atoms with E-state index in [1.54, 1.807) is 24.8 Å². The van der Waals surface area contributed by atoms with Crippen molar-refractivity contribution in [3.05, 3.63) is 42.7 Å². The van der Waals surface area contributed by atoms with Crippen LogP contribution in [0.3, 0.4) is 0 Å². The van der Waals surface area contributed by atoms with Gasteiger partial charge in [0, 0.05) is 37.2 Å². The van der Waals surface area contributed by atoms with Crippen LogP contribution in [0.15, 0.2) is 37.1 Å². The van der Waals surface area contributed by atoms with Crippen LogP contribution >= 0.6 is 0 Å². The molecule has 4 rings (SSSR count). The van der Waals surface area contributed by atoms with Crippen molar-refractivity contribution >= 4 is 11.9 Å². The number of aromatic nitrogens is 3. The highest BCUT2D eigenvalue weighted by Gasteiger charge is 2.37. The SMILES string of the molecule is O=C(O)CN(CC1CC1)C1CC(NC(=O)c2cc(-n3ccnc3)ccn2)C1. The number of carboxylic acid groups (broad SMARTS) is 1. The van der Waals surface area contributed by atoms with Crippen LogP contribution in [-0.4, -0.2) is 61.6 Å². The molecule has 2 fully saturated rings. The van der Waals surface area contributed by atoms with Crippen LogP contribution in [0.4, 0.5) is 0 Å². The van der Waals surface area contributed by atoms with E-state index in [-0.39, 0.29) is 24.5 Å². The number of carboxylic acids is 1. The number of imidazole rings is 1. The molecule has 0 unspecified atom stereocenters. The number of aliphatic carboxylic acids is 1. The first-order chi connectivity index (χ1) is 13.1. The Labute approximate surface area is 157 Å². The molecule has 2 aliphatic carbocycles. The van der Waals surface area contributed by atoms with Gasteiger partial charge in [-0.15, -0.1) is 0 Å². The van der Waals surface area contributed by atoms with Crippen molar-refractivity contribution in [3.63, 3.8) is 0 Å². The molecule has 2 heterocycles. The summed E-state index contributed by atoms with van der Waals surface area (Å²) in [4.78, 5) is 33.8. The molecule has 0 atom stereocenters. The van der Waals surface area contributed by atoms with Gasteiger partial charge in [-0.25, -0.2) is 4.98 Å². The first kappa shape index (κ1) is 17.7. The third-order valence-electron chi connectivity index (χ3n) is 5.27. The van der Waals surface area contributed by atoms with Crippen molar-refractivity contribution in [2.75, 3.05) is 13.1 Å². The number of carbonyl (C=O) groups is 2. The Morgan fingerprint density at radius 1 is 1.30 bits per heavy atom. The molecule has 0 spiro atoms. The molecule has 8 heteroatoms. The molecule has 0 aromatic carbocycles. The molecule has 2 aliphatic rings. The van der Waals surface area contributed by atoms with Gasteiger partial charge < -0.3 is 15.0 Å². The second-order valence-corrected chi connectivity index (χ2v) is 7.43. The van der Waals surface area contributed by atoms with E-state index in [2.05, 4.69) is 20.2 Å². The zero-order valence-electron chi connectivity index (χ0n) is 15.0. The van der Waals surface area contributed by atoms with Gasteiger partial charge in [0.05, 0.1) is 18.6 Å². The maximum atomic E-state index is 12.5. The highest BCUT2D eigenvalue weighted by molar-refractivity contribution is 5.93. The Hall–Kier alpha value is -2.74.